The summed E-state index contributed by atoms with van der Waals surface area (Å²) in [7, 11) is -0.732. The van der Waals surface area contributed by atoms with Gasteiger partial charge in [0.05, 0.1) is 16.8 Å². The van der Waals surface area contributed by atoms with Crippen LogP contribution in [0, 0.1) is 0 Å². The quantitative estimate of drug-likeness (QED) is 0.111. The molecule has 0 saturated carbocycles. The molecule has 0 fully saturated rings. The average molecular weight is 611 g/mol. The predicted molar refractivity (Wildman–Crippen MR) is 160 cm³/mol. The van der Waals surface area contributed by atoms with Gasteiger partial charge in [0.2, 0.25) is 0 Å². The first-order chi connectivity index (χ1) is 14.2. The van der Waals surface area contributed by atoms with Crippen molar-refractivity contribution in [3.63, 3.8) is 0 Å². The van der Waals surface area contributed by atoms with Gasteiger partial charge in [0, 0.05) is 64.3 Å². The van der Waals surface area contributed by atoms with Crippen molar-refractivity contribution in [1.29, 1.82) is 0 Å². The molecular weight excluding hydrogens is 581 g/mol. The number of rotatable bonds is 23. The number of aliphatic hydroxyl groups excluding tert-OH is 1. The van der Waals surface area contributed by atoms with Crippen molar-refractivity contribution in [2.45, 2.75) is 0 Å². The first-order valence-corrected chi connectivity index (χ1v) is 21.5. The van der Waals surface area contributed by atoms with Gasteiger partial charge in [-0.1, -0.05) is 11.8 Å². The van der Waals surface area contributed by atoms with Crippen molar-refractivity contribution >= 4 is 134 Å². The van der Waals surface area contributed by atoms with Gasteiger partial charge in [0.25, 0.3) is 0 Å². The highest BCUT2D eigenvalue weighted by Gasteiger charge is 2.04. The standard InChI is InChI=1S/C15H30O3S11/c1-19-8-24-11-27-13-28-15(17)6-23-10-26-12-25-9-21-4-5-29(18)14-22-3-2-20-7-16/h16H,2-14H2,1H3. The zero-order valence-electron chi connectivity index (χ0n) is 16.4. The van der Waals surface area contributed by atoms with Crippen molar-refractivity contribution in [1.82, 2.24) is 0 Å². The fourth-order valence-corrected chi connectivity index (χ4v) is 13.8. The molecule has 174 valence electrons. The minimum atomic E-state index is -0.732. The van der Waals surface area contributed by atoms with Gasteiger partial charge < -0.3 is 5.11 Å². The molecule has 29 heavy (non-hydrogen) atoms. The van der Waals surface area contributed by atoms with Crippen LogP contribution < -0.4 is 0 Å². The number of carbonyl (C=O) groups excluding carboxylic acids is 1. The highest BCUT2D eigenvalue weighted by atomic mass is 32.3. The summed E-state index contributed by atoms with van der Waals surface area (Å²) in [6.07, 6.45) is 2.11. The molecule has 0 rings (SSSR count). The lowest BCUT2D eigenvalue weighted by Crippen LogP contribution is -2.03. The fraction of sp³-hybridized carbons (Fsp3) is 0.933. The van der Waals surface area contributed by atoms with Crippen LogP contribution in [0.5, 0.6) is 0 Å². The molecule has 0 aliphatic carbocycles. The van der Waals surface area contributed by atoms with Crippen LogP contribution in [0.3, 0.4) is 0 Å². The maximum atomic E-state index is 11.8. The molecular formula is C15H30O3S11. The zero-order chi connectivity index (χ0) is 21.4. The van der Waals surface area contributed by atoms with E-state index in [0.29, 0.717) is 16.0 Å². The lowest BCUT2D eigenvalue weighted by molar-refractivity contribution is -0.108. The molecule has 0 radical (unpaired) electrons. The van der Waals surface area contributed by atoms with E-state index >= 15 is 0 Å². The van der Waals surface area contributed by atoms with Gasteiger partial charge in [-0.15, -0.1) is 82.3 Å². The van der Waals surface area contributed by atoms with Crippen LogP contribution in [0.25, 0.3) is 0 Å². The van der Waals surface area contributed by atoms with Crippen molar-refractivity contribution in [3.05, 3.63) is 0 Å². The first-order valence-electron chi connectivity index (χ1n) is 8.43. The molecule has 0 aromatic heterocycles. The molecule has 3 nitrogen and oxygen atoms in total. The van der Waals surface area contributed by atoms with Gasteiger partial charge in [-0.3, -0.25) is 9.00 Å². The normalized spacial score (nSPS) is 12.3. The SMILES string of the molecule is CSCSCSCSC(=O)CSCSCSCSCCS(=O)CSCCSCO. The highest BCUT2D eigenvalue weighted by Crippen LogP contribution is 2.24. The maximum absolute atomic E-state index is 11.8. The molecule has 0 aromatic carbocycles. The van der Waals surface area contributed by atoms with Gasteiger partial charge in [-0.05, 0) is 6.26 Å². The summed E-state index contributed by atoms with van der Waals surface area (Å²) >= 11 is 17.6. The Hall–Kier alpha value is 3.28. The van der Waals surface area contributed by atoms with Crippen LogP contribution in [0.4, 0.5) is 0 Å². The largest absolute Gasteiger partial charge is 0.386 e. The Kier molecular flexibility index (Phi) is 30.6. The average Bonchev–Trinajstić information content (AvgIpc) is 2.71. The summed E-state index contributed by atoms with van der Waals surface area (Å²) in [5.41, 5.74) is 0. The fourth-order valence-electron chi connectivity index (χ4n) is 1.33. The summed E-state index contributed by atoms with van der Waals surface area (Å²) in [6, 6.07) is 0. The van der Waals surface area contributed by atoms with Crippen molar-refractivity contribution in [2.24, 2.45) is 0 Å². The van der Waals surface area contributed by atoms with E-state index in [1.165, 1.54) is 23.5 Å². The molecule has 14 heteroatoms. The third kappa shape index (κ3) is 27.4. The van der Waals surface area contributed by atoms with Crippen molar-refractivity contribution in [2.75, 3.05) is 76.6 Å². The molecule has 0 spiro atoms. The van der Waals surface area contributed by atoms with Gasteiger partial charge >= 0.3 is 0 Å². The molecule has 0 aliphatic rings. The molecule has 0 bridgehead atoms. The van der Waals surface area contributed by atoms with Crippen molar-refractivity contribution < 1.29 is 14.1 Å². The van der Waals surface area contributed by atoms with E-state index in [4.69, 9.17) is 5.11 Å². The molecule has 1 atom stereocenters. The van der Waals surface area contributed by atoms with Crippen LogP contribution in [0.15, 0.2) is 0 Å². The Morgan fingerprint density at radius 3 is 2.10 bits per heavy atom. The molecule has 0 saturated heterocycles. The van der Waals surface area contributed by atoms with E-state index in [9.17, 15) is 9.00 Å². The van der Waals surface area contributed by atoms with E-state index < -0.39 is 10.8 Å². The van der Waals surface area contributed by atoms with E-state index in [1.807, 2.05) is 70.6 Å². The van der Waals surface area contributed by atoms with Crippen LogP contribution >= 0.6 is 118 Å². The molecule has 1 N–H and O–H groups in total. The van der Waals surface area contributed by atoms with E-state index in [2.05, 4.69) is 6.26 Å². The van der Waals surface area contributed by atoms with Gasteiger partial charge in [-0.2, -0.15) is 23.5 Å². The number of hydrogen-bond acceptors (Lipinski definition) is 13. The monoisotopic (exact) mass is 610 g/mol. The van der Waals surface area contributed by atoms with E-state index in [-0.39, 0.29) is 5.94 Å². The maximum Gasteiger partial charge on any atom is 0.199 e. The highest BCUT2D eigenvalue weighted by molar-refractivity contribution is 8.30. The molecule has 0 amide bonds. The summed E-state index contributed by atoms with van der Waals surface area (Å²) in [5.74, 6) is 4.37. The van der Waals surface area contributed by atoms with Gasteiger partial charge in [0.1, 0.15) is 0 Å². The Bertz CT molecular complexity index is 391. The van der Waals surface area contributed by atoms with Crippen LogP contribution in [-0.2, 0) is 15.6 Å². The topological polar surface area (TPSA) is 54.4 Å². The van der Waals surface area contributed by atoms with E-state index in [1.54, 1.807) is 23.5 Å². The lowest BCUT2D eigenvalue weighted by Gasteiger charge is -2.04. The first kappa shape index (κ1) is 32.3. The molecule has 0 aromatic rings. The zero-order valence-corrected chi connectivity index (χ0v) is 25.4. The van der Waals surface area contributed by atoms with Crippen LogP contribution in [0.2, 0.25) is 0 Å². The summed E-state index contributed by atoms with van der Waals surface area (Å²) < 4.78 is 11.8. The van der Waals surface area contributed by atoms with Crippen LogP contribution in [-0.4, -0.2) is 91.0 Å². The Balaban J connectivity index is 3.23. The lowest BCUT2D eigenvalue weighted by atomic mass is 10.9. The third-order valence-electron chi connectivity index (χ3n) is 2.52. The summed E-state index contributed by atoms with van der Waals surface area (Å²) in [4.78, 5) is 11.8. The molecule has 0 heterocycles. The summed E-state index contributed by atoms with van der Waals surface area (Å²) in [5, 5.41) is 15.8. The minimum absolute atomic E-state index is 0.170. The predicted octanol–water partition coefficient (Wildman–Crippen LogP) is 5.88. The smallest absolute Gasteiger partial charge is 0.199 e. The Morgan fingerprint density at radius 1 is 0.759 bits per heavy atom. The third-order valence-corrected chi connectivity index (χ3v) is 16.3. The second-order valence-corrected chi connectivity index (χ2v) is 19.0. The molecule has 1 unspecified atom stereocenters. The Labute approximate surface area is 221 Å². The molecule has 0 aliphatic heterocycles. The van der Waals surface area contributed by atoms with E-state index in [0.717, 1.165) is 53.5 Å². The second kappa shape index (κ2) is 27.5. The summed E-state index contributed by atoms with van der Waals surface area (Å²) in [6.45, 7) is 0. The number of aliphatic hydroxyl groups is 1. The Morgan fingerprint density at radius 2 is 1.38 bits per heavy atom. The van der Waals surface area contributed by atoms with Crippen LogP contribution in [0.1, 0.15) is 0 Å². The number of carbonyl (C=O) groups is 1. The van der Waals surface area contributed by atoms with Gasteiger partial charge in [-0.25, -0.2) is 0 Å². The van der Waals surface area contributed by atoms with Crippen molar-refractivity contribution in [3.8, 4) is 0 Å². The second-order valence-electron chi connectivity index (χ2n) is 4.79. The van der Waals surface area contributed by atoms with Gasteiger partial charge in [0.15, 0.2) is 5.12 Å². The number of hydrogen-bond donors (Lipinski definition) is 1. The number of thioether (sulfide) groups is 10. The minimum Gasteiger partial charge on any atom is -0.386 e.